The van der Waals surface area contributed by atoms with Gasteiger partial charge in [0.05, 0.1) is 5.60 Å². The van der Waals surface area contributed by atoms with Crippen molar-refractivity contribution in [3.63, 3.8) is 0 Å². The Labute approximate surface area is 104 Å². The molecule has 0 spiro atoms. The number of benzene rings is 1. The highest BCUT2D eigenvalue weighted by Crippen LogP contribution is 2.30. The molecule has 1 unspecified atom stereocenters. The van der Waals surface area contributed by atoms with Crippen LogP contribution >= 0.6 is 0 Å². The molecule has 1 aliphatic carbocycles. The summed E-state index contributed by atoms with van der Waals surface area (Å²) in [6, 6.07) is 8.80. The topological polar surface area (TPSA) is 21.3 Å². The van der Waals surface area contributed by atoms with Crippen molar-refractivity contribution in [3.05, 3.63) is 35.4 Å². The molecule has 1 aliphatic rings. The standard InChI is InChI=1S/C15H23NO/c1-15(2,3)17-16-11-13-9-6-8-12-7-4-5-10-14(12)13/h4-5,7,10,13,16H,6,8-9,11H2,1-3H3. The van der Waals surface area contributed by atoms with E-state index < -0.39 is 0 Å². The van der Waals surface area contributed by atoms with Crippen LogP contribution in [0.5, 0.6) is 0 Å². The minimum Gasteiger partial charge on any atom is -0.296 e. The highest BCUT2D eigenvalue weighted by Gasteiger charge is 2.20. The molecule has 2 rings (SSSR count). The smallest absolute Gasteiger partial charge is 0.0812 e. The molecule has 0 aliphatic heterocycles. The molecule has 0 saturated carbocycles. The van der Waals surface area contributed by atoms with Gasteiger partial charge in [-0.2, -0.15) is 0 Å². The van der Waals surface area contributed by atoms with Crippen LogP contribution in [-0.4, -0.2) is 12.1 Å². The second kappa shape index (κ2) is 5.19. The molecular weight excluding hydrogens is 210 g/mol. The van der Waals surface area contributed by atoms with Crippen molar-refractivity contribution >= 4 is 0 Å². The van der Waals surface area contributed by atoms with Gasteiger partial charge >= 0.3 is 0 Å². The Morgan fingerprint density at radius 3 is 2.82 bits per heavy atom. The van der Waals surface area contributed by atoms with E-state index in [9.17, 15) is 0 Å². The summed E-state index contributed by atoms with van der Waals surface area (Å²) in [5, 5.41) is 0. The fourth-order valence-corrected chi connectivity index (χ4v) is 2.43. The molecule has 0 saturated heterocycles. The lowest BCUT2D eigenvalue weighted by Gasteiger charge is -2.27. The zero-order chi connectivity index (χ0) is 12.3. The summed E-state index contributed by atoms with van der Waals surface area (Å²) in [6.07, 6.45) is 3.78. The molecule has 0 bridgehead atoms. The Bertz CT molecular complexity index is 367. The first-order valence-corrected chi connectivity index (χ1v) is 6.55. The molecular formula is C15H23NO. The van der Waals surface area contributed by atoms with Gasteiger partial charge in [-0.15, -0.1) is 0 Å². The monoisotopic (exact) mass is 233 g/mol. The largest absolute Gasteiger partial charge is 0.296 e. The third-order valence-corrected chi connectivity index (χ3v) is 3.20. The maximum atomic E-state index is 5.60. The predicted octanol–water partition coefficient (Wildman–Crippen LogP) is 3.43. The van der Waals surface area contributed by atoms with Crippen molar-refractivity contribution in [2.75, 3.05) is 6.54 Å². The fraction of sp³-hybridized carbons (Fsp3) is 0.600. The van der Waals surface area contributed by atoms with Gasteiger partial charge in [-0.25, -0.2) is 5.48 Å². The SMILES string of the molecule is CC(C)(C)ONCC1CCCc2ccccc21. The van der Waals surface area contributed by atoms with Crippen molar-refractivity contribution in [2.45, 2.75) is 51.6 Å². The number of hydroxylamine groups is 1. The number of hydrogen-bond donors (Lipinski definition) is 1. The molecule has 1 atom stereocenters. The lowest BCUT2D eigenvalue weighted by Crippen LogP contribution is -2.32. The van der Waals surface area contributed by atoms with Crippen LogP contribution in [0, 0.1) is 0 Å². The number of hydrogen-bond acceptors (Lipinski definition) is 2. The van der Waals surface area contributed by atoms with Crippen LogP contribution in [0.15, 0.2) is 24.3 Å². The first-order chi connectivity index (χ1) is 8.06. The molecule has 0 fully saturated rings. The third-order valence-electron chi connectivity index (χ3n) is 3.20. The van der Waals surface area contributed by atoms with Crippen LogP contribution in [-0.2, 0) is 11.3 Å². The van der Waals surface area contributed by atoms with Crippen LogP contribution in [0.1, 0.15) is 50.7 Å². The molecule has 2 heteroatoms. The first-order valence-electron chi connectivity index (χ1n) is 6.55. The van der Waals surface area contributed by atoms with Crippen molar-refractivity contribution < 1.29 is 4.84 Å². The number of nitrogens with one attached hydrogen (secondary N) is 1. The Morgan fingerprint density at radius 2 is 2.06 bits per heavy atom. The van der Waals surface area contributed by atoms with E-state index in [0.717, 1.165) is 6.54 Å². The Balaban J connectivity index is 1.95. The van der Waals surface area contributed by atoms with Crippen LogP contribution < -0.4 is 5.48 Å². The van der Waals surface area contributed by atoms with E-state index in [1.807, 2.05) is 0 Å². The van der Waals surface area contributed by atoms with Gasteiger partial charge in [0.25, 0.3) is 0 Å². The summed E-state index contributed by atoms with van der Waals surface area (Å²) in [5.41, 5.74) is 6.04. The van der Waals surface area contributed by atoms with Gasteiger partial charge in [-0.1, -0.05) is 24.3 Å². The average molecular weight is 233 g/mol. The summed E-state index contributed by atoms with van der Waals surface area (Å²) in [6.45, 7) is 7.10. The summed E-state index contributed by atoms with van der Waals surface area (Å²) < 4.78 is 0. The van der Waals surface area contributed by atoms with E-state index in [-0.39, 0.29) is 5.60 Å². The van der Waals surface area contributed by atoms with Gasteiger partial charge in [-0.05, 0) is 57.1 Å². The van der Waals surface area contributed by atoms with Crippen molar-refractivity contribution in [1.82, 2.24) is 5.48 Å². The van der Waals surface area contributed by atoms with Gasteiger partial charge in [-0.3, -0.25) is 4.84 Å². The number of rotatable bonds is 3. The van der Waals surface area contributed by atoms with Gasteiger partial charge in [0.15, 0.2) is 0 Å². The van der Waals surface area contributed by atoms with Crippen LogP contribution in [0.4, 0.5) is 0 Å². The van der Waals surface area contributed by atoms with Crippen LogP contribution in [0.25, 0.3) is 0 Å². The summed E-state index contributed by atoms with van der Waals surface area (Å²) >= 11 is 0. The summed E-state index contributed by atoms with van der Waals surface area (Å²) in [5.74, 6) is 0.599. The minimum atomic E-state index is -0.117. The van der Waals surface area contributed by atoms with E-state index >= 15 is 0 Å². The molecule has 1 aromatic rings. The zero-order valence-electron chi connectivity index (χ0n) is 11.1. The normalized spacial score (nSPS) is 20.1. The van der Waals surface area contributed by atoms with Crippen LogP contribution in [0.3, 0.4) is 0 Å². The van der Waals surface area contributed by atoms with Gasteiger partial charge in [0, 0.05) is 6.54 Å². The van der Waals surface area contributed by atoms with Gasteiger partial charge in [0.2, 0.25) is 0 Å². The van der Waals surface area contributed by atoms with Crippen molar-refractivity contribution in [1.29, 1.82) is 0 Å². The second-order valence-corrected chi connectivity index (χ2v) is 5.85. The molecule has 0 radical (unpaired) electrons. The molecule has 0 amide bonds. The van der Waals surface area contributed by atoms with Crippen molar-refractivity contribution in [2.24, 2.45) is 0 Å². The zero-order valence-corrected chi connectivity index (χ0v) is 11.1. The lowest BCUT2D eigenvalue weighted by molar-refractivity contribution is -0.0745. The Kier molecular flexibility index (Phi) is 3.85. The van der Waals surface area contributed by atoms with Crippen LogP contribution in [0.2, 0.25) is 0 Å². The highest BCUT2D eigenvalue weighted by atomic mass is 16.7. The Hall–Kier alpha value is -0.860. The summed E-state index contributed by atoms with van der Waals surface area (Å²) in [7, 11) is 0. The molecule has 94 valence electrons. The third kappa shape index (κ3) is 3.55. The van der Waals surface area contributed by atoms with E-state index in [4.69, 9.17) is 4.84 Å². The molecule has 1 N–H and O–H groups in total. The molecule has 2 nitrogen and oxygen atoms in total. The van der Waals surface area contributed by atoms with E-state index in [2.05, 4.69) is 50.5 Å². The molecule has 0 aromatic heterocycles. The van der Waals surface area contributed by atoms with E-state index in [1.165, 1.54) is 30.4 Å². The molecule has 1 aromatic carbocycles. The average Bonchev–Trinajstić information content (AvgIpc) is 2.28. The number of fused-ring (bicyclic) bond motifs is 1. The maximum absolute atomic E-state index is 5.60. The van der Waals surface area contributed by atoms with Gasteiger partial charge < -0.3 is 0 Å². The maximum Gasteiger partial charge on any atom is 0.0812 e. The fourth-order valence-electron chi connectivity index (χ4n) is 2.43. The lowest BCUT2D eigenvalue weighted by atomic mass is 9.83. The molecule has 17 heavy (non-hydrogen) atoms. The van der Waals surface area contributed by atoms with Gasteiger partial charge in [0.1, 0.15) is 0 Å². The minimum absolute atomic E-state index is 0.117. The Morgan fingerprint density at radius 1 is 1.29 bits per heavy atom. The predicted molar refractivity (Wildman–Crippen MR) is 71.0 cm³/mol. The highest BCUT2D eigenvalue weighted by molar-refractivity contribution is 5.32. The van der Waals surface area contributed by atoms with E-state index in [0.29, 0.717) is 5.92 Å². The molecule has 0 heterocycles. The second-order valence-electron chi connectivity index (χ2n) is 5.85. The first kappa shape index (κ1) is 12.6. The summed E-state index contributed by atoms with van der Waals surface area (Å²) in [4.78, 5) is 5.60. The quantitative estimate of drug-likeness (QED) is 0.808. The van der Waals surface area contributed by atoms with Crippen molar-refractivity contribution in [3.8, 4) is 0 Å². The van der Waals surface area contributed by atoms with E-state index in [1.54, 1.807) is 0 Å². The number of aryl methyl sites for hydroxylation is 1.